The van der Waals surface area contributed by atoms with E-state index >= 15 is 0 Å². The van der Waals surface area contributed by atoms with Crippen LogP contribution in [0.25, 0.3) is 0 Å². The smallest absolute Gasteiger partial charge is 0.250 e. The standard InChI is InChI=1S/C2H5F5N3OP3/c1-2(3)11-10-12-8(4)13(6)9(5)14(10)7/h2,12H,1H3. The van der Waals surface area contributed by atoms with E-state index in [2.05, 4.69) is 4.84 Å². The zero-order chi connectivity index (χ0) is 10.9. The fraction of sp³-hybridized carbons (Fsp3) is 1.00. The fourth-order valence-electron chi connectivity index (χ4n) is 0.537. The Hall–Kier alpha value is 0.780. The van der Waals surface area contributed by atoms with E-state index in [1.165, 1.54) is 0 Å². The maximum absolute atomic E-state index is 12.9. The highest BCUT2D eigenvalue weighted by atomic mass is 31.3. The van der Waals surface area contributed by atoms with Crippen LogP contribution in [0.4, 0.5) is 21.7 Å². The second-order valence-electron chi connectivity index (χ2n) is 2.00. The Kier molecular flexibility index (Phi) is 4.78. The zero-order valence-electron chi connectivity index (χ0n) is 6.61. The van der Waals surface area contributed by atoms with Crippen LogP contribution in [0.5, 0.6) is 0 Å². The minimum atomic E-state index is -3.45. The Balaban J connectivity index is 2.60. The van der Waals surface area contributed by atoms with Crippen molar-refractivity contribution in [2.75, 3.05) is 0 Å². The molecule has 0 bridgehead atoms. The van der Waals surface area contributed by atoms with Crippen LogP contribution in [0.1, 0.15) is 6.92 Å². The zero-order valence-corrected chi connectivity index (χ0v) is 9.40. The number of hydrogen-bond donors (Lipinski definition) is 0. The van der Waals surface area contributed by atoms with Gasteiger partial charge in [-0.3, -0.25) is 0 Å². The van der Waals surface area contributed by atoms with Gasteiger partial charge in [-0.25, -0.2) is 9.23 Å². The topological polar surface area (TPSA) is 19.0 Å². The average Bonchev–Trinajstić information content (AvgIpc) is 2.10. The summed E-state index contributed by atoms with van der Waals surface area (Å²) in [4.78, 5) is 4.11. The first-order chi connectivity index (χ1) is 6.43. The summed E-state index contributed by atoms with van der Waals surface area (Å²) in [6, 6.07) is 0. The molecule has 4 atom stereocenters. The Morgan fingerprint density at radius 2 is 1.86 bits per heavy atom. The summed E-state index contributed by atoms with van der Waals surface area (Å²) < 4.78 is 61.3. The molecular formula is C2H5F5N3OP3. The van der Waals surface area contributed by atoms with Gasteiger partial charge in [0.05, 0.1) is 0 Å². The summed E-state index contributed by atoms with van der Waals surface area (Å²) in [7, 11) is -7.97. The molecule has 0 aromatic heterocycles. The Bertz CT molecular complexity index is 201. The third-order valence-corrected chi connectivity index (χ3v) is 5.06. The molecule has 4 nitrogen and oxygen atoms in total. The van der Waals surface area contributed by atoms with Crippen molar-refractivity contribution in [3.8, 4) is 0 Å². The minimum Gasteiger partial charge on any atom is -0.250 e. The monoisotopic (exact) mass is 275 g/mol. The third kappa shape index (κ3) is 2.89. The minimum absolute atomic E-state index is 0.110. The van der Waals surface area contributed by atoms with Crippen LogP contribution in [0.15, 0.2) is 0 Å². The molecule has 0 spiro atoms. The lowest BCUT2D eigenvalue weighted by molar-refractivity contribution is -0.133. The normalized spacial score (nSPS) is 36.4. The average molecular weight is 275 g/mol. The lowest BCUT2D eigenvalue weighted by Crippen LogP contribution is -2.24. The number of hydrogen-bond acceptors (Lipinski definition) is 4. The summed E-state index contributed by atoms with van der Waals surface area (Å²) in [5.41, 5.74) is 0. The van der Waals surface area contributed by atoms with Gasteiger partial charge in [0.25, 0.3) is 0 Å². The van der Waals surface area contributed by atoms with E-state index in [1.807, 2.05) is 0 Å². The summed E-state index contributed by atoms with van der Waals surface area (Å²) in [6.45, 7) is 0.908. The molecule has 12 heteroatoms. The van der Waals surface area contributed by atoms with Gasteiger partial charge >= 0.3 is 17.1 Å². The third-order valence-electron chi connectivity index (χ3n) is 0.980. The first-order valence-corrected chi connectivity index (χ1v) is 6.31. The molecular weight excluding hydrogens is 270 g/mol. The highest BCUT2D eigenvalue weighted by molar-refractivity contribution is 7.73. The number of halogens is 5. The van der Waals surface area contributed by atoms with Crippen LogP contribution in [0.2, 0.25) is 0 Å². The van der Waals surface area contributed by atoms with Crippen LogP contribution in [0, 0.1) is 0 Å². The van der Waals surface area contributed by atoms with Crippen molar-refractivity contribution in [2.24, 2.45) is 0 Å². The van der Waals surface area contributed by atoms with E-state index in [4.69, 9.17) is 0 Å². The van der Waals surface area contributed by atoms with E-state index < -0.39 is 41.6 Å². The molecule has 0 aromatic rings. The molecule has 0 radical (unpaired) electrons. The number of alkyl halides is 1. The maximum atomic E-state index is 12.9. The van der Waals surface area contributed by atoms with Crippen molar-refractivity contribution in [3.63, 3.8) is 0 Å². The quantitative estimate of drug-likeness (QED) is 0.433. The van der Waals surface area contributed by atoms with Gasteiger partial charge in [-0.2, -0.15) is 8.39 Å². The molecule has 0 amide bonds. The summed E-state index contributed by atoms with van der Waals surface area (Å²) in [6.07, 6.45) is -1.92. The largest absolute Gasteiger partial charge is 0.306 e. The summed E-state index contributed by atoms with van der Waals surface area (Å²) in [5, 5.41) is 0. The van der Waals surface area contributed by atoms with Crippen LogP contribution in [-0.4, -0.2) is 20.3 Å². The van der Waals surface area contributed by atoms with Crippen molar-refractivity contribution >= 4 is 25.9 Å². The lowest BCUT2D eigenvalue weighted by atomic mass is 10.8. The highest BCUT2D eigenvalue weighted by Crippen LogP contribution is 2.73. The van der Waals surface area contributed by atoms with E-state index in [1.54, 1.807) is 0 Å². The van der Waals surface area contributed by atoms with Gasteiger partial charge in [0.15, 0.2) is 0 Å². The molecule has 1 saturated heterocycles. The van der Waals surface area contributed by atoms with Gasteiger partial charge in [-0.1, -0.05) is 4.60 Å². The van der Waals surface area contributed by atoms with Crippen LogP contribution < -0.4 is 0 Å². The van der Waals surface area contributed by atoms with E-state index in [9.17, 15) is 21.7 Å². The van der Waals surface area contributed by atoms with Gasteiger partial charge in [0.1, 0.15) is 8.88 Å². The molecule has 1 rings (SSSR count). The molecule has 14 heavy (non-hydrogen) atoms. The number of rotatable bonds is 2. The van der Waals surface area contributed by atoms with Crippen molar-refractivity contribution < 1.29 is 26.6 Å². The van der Waals surface area contributed by atoms with Gasteiger partial charge in [0, 0.05) is 0 Å². The van der Waals surface area contributed by atoms with Crippen molar-refractivity contribution in [2.45, 2.75) is 13.3 Å². The van der Waals surface area contributed by atoms with Gasteiger partial charge in [-0.15, -0.1) is 8.96 Å². The van der Waals surface area contributed by atoms with Crippen LogP contribution >= 0.6 is 25.9 Å². The Morgan fingerprint density at radius 1 is 1.29 bits per heavy atom. The predicted octanol–water partition coefficient (Wildman–Crippen LogP) is 3.82. The highest BCUT2D eigenvalue weighted by Gasteiger charge is 2.47. The molecule has 0 N–H and O–H groups in total. The second kappa shape index (κ2) is 5.21. The molecule has 1 heterocycles. The molecule has 1 aliphatic rings. The molecule has 0 aliphatic carbocycles. The van der Waals surface area contributed by atoms with Gasteiger partial charge in [-0.05, 0) is 16.2 Å². The SMILES string of the molecule is CC(F)ON1PN(F)P(F)N(F)P1F. The van der Waals surface area contributed by atoms with E-state index in [0.29, 0.717) is 0 Å². The molecule has 0 aromatic carbocycles. The van der Waals surface area contributed by atoms with Gasteiger partial charge < -0.3 is 0 Å². The number of nitrogens with zero attached hydrogens (tertiary/aromatic N) is 3. The Labute approximate surface area is 80.6 Å². The fourth-order valence-corrected chi connectivity index (χ4v) is 4.46. The summed E-state index contributed by atoms with van der Waals surface area (Å²) in [5.74, 6) is 0. The predicted molar refractivity (Wildman–Crippen MR) is 43.8 cm³/mol. The second-order valence-corrected chi connectivity index (χ2v) is 6.45. The summed E-state index contributed by atoms with van der Waals surface area (Å²) >= 11 is 0. The van der Waals surface area contributed by atoms with Crippen molar-refractivity contribution in [3.05, 3.63) is 0 Å². The maximum Gasteiger partial charge on any atom is 0.306 e. The van der Waals surface area contributed by atoms with Crippen molar-refractivity contribution in [1.82, 2.24) is 13.9 Å². The molecule has 1 aliphatic heterocycles. The van der Waals surface area contributed by atoms with Crippen LogP contribution in [-0.2, 0) is 4.84 Å². The van der Waals surface area contributed by atoms with Gasteiger partial charge in [0.2, 0.25) is 6.36 Å². The van der Waals surface area contributed by atoms with Crippen LogP contribution in [0.3, 0.4) is 0 Å². The molecule has 0 saturated carbocycles. The lowest BCUT2D eigenvalue weighted by Gasteiger charge is -2.34. The van der Waals surface area contributed by atoms with E-state index in [0.717, 1.165) is 6.92 Å². The molecule has 84 valence electrons. The van der Waals surface area contributed by atoms with E-state index in [-0.39, 0.29) is 4.60 Å². The first kappa shape index (κ1) is 12.8. The first-order valence-electron chi connectivity index (χ1n) is 3.14. The molecule has 4 unspecified atom stereocenters. The van der Waals surface area contributed by atoms with Crippen molar-refractivity contribution in [1.29, 1.82) is 0 Å². The Morgan fingerprint density at radius 3 is 2.36 bits per heavy atom. The molecule has 1 fully saturated rings.